The SMILES string of the molecule is CCOC(=O)C1CCN(C(=O)CN(C2CCCCC2)S(=O)(=O)c2ccccc2)CC1. The van der Waals surface area contributed by atoms with Crippen LogP contribution in [0.15, 0.2) is 35.2 Å². The Labute approximate surface area is 179 Å². The van der Waals surface area contributed by atoms with Gasteiger partial charge in [0, 0.05) is 19.1 Å². The molecule has 0 atom stereocenters. The van der Waals surface area contributed by atoms with E-state index >= 15 is 0 Å². The quantitative estimate of drug-likeness (QED) is 0.614. The first kappa shape index (κ1) is 22.7. The molecule has 1 amide bonds. The van der Waals surface area contributed by atoms with E-state index in [1.807, 2.05) is 0 Å². The van der Waals surface area contributed by atoms with Crippen LogP contribution in [0.3, 0.4) is 0 Å². The van der Waals surface area contributed by atoms with E-state index in [1.54, 1.807) is 42.2 Å². The number of hydrogen-bond donors (Lipinski definition) is 0. The van der Waals surface area contributed by atoms with Crippen LogP contribution in [0.1, 0.15) is 51.9 Å². The van der Waals surface area contributed by atoms with Gasteiger partial charge in [0.05, 0.1) is 24.0 Å². The Balaban J connectivity index is 1.71. The summed E-state index contributed by atoms with van der Waals surface area (Å²) in [5, 5.41) is 0. The zero-order valence-electron chi connectivity index (χ0n) is 17.7. The third kappa shape index (κ3) is 5.40. The van der Waals surface area contributed by atoms with E-state index in [9.17, 15) is 18.0 Å². The molecular formula is C22H32N2O5S. The van der Waals surface area contributed by atoms with Gasteiger partial charge in [-0.1, -0.05) is 37.5 Å². The highest BCUT2D eigenvalue weighted by Gasteiger charge is 2.36. The Morgan fingerprint density at radius 3 is 2.27 bits per heavy atom. The van der Waals surface area contributed by atoms with Crippen molar-refractivity contribution in [3.05, 3.63) is 30.3 Å². The Morgan fingerprint density at radius 1 is 1.03 bits per heavy atom. The van der Waals surface area contributed by atoms with E-state index in [4.69, 9.17) is 4.74 Å². The number of carbonyl (C=O) groups excluding carboxylic acids is 2. The molecule has 0 N–H and O–H groups in total. The summed E-state index contributed by atoms with van der Waals surface area (Å²) in [6.07, 6.45) is 5.73. The molecule has 2 aliphatic rings. The molecule has 1 aromatic carbocycles. The molecule has 1 aromatic rings. The number of esters is 1. The Morgan fingerprint density at radius 2 is 1.67 bits per heavy atom. The second-order valence-corrected chi connectivity index (χ2v) is 9.95. The van der Waals surface area contributed by atoms with E-state index in [-0.39, 0.29) is 35.3 Å². The molecule has 2 fully saturated rings. The second-order valence-electron chi connectivity index (χ2n) is 8.06. The number of hydrogen-bond acceptors (Lipinski definition) is 5. The zero-order valence-corrected chi connectivity index (χ0v) is 18.5. The van der Waals surface area contributed by atoms with Gasteiger partial charge in [0.1, 0.15) is 0 Å². The summed E-state index contributed by atoms with van der Waals surface area (Å²) in [6.45, 7) is 2.89. The lowest BCUT2D eigenvalue weighted by Crippen LogP contribution is -2.50. The second kappa shape index (κ2) is 10.4. The summed E-state index contributed by atoms with van der Waals surface area (Å²) in [6, 6.07) is 8.20. The molecular weight excluding hydrogens is 404 g/mol. The van der Waals surface area contributed by atoms with Gasteiger partial charge in [0.2, 0.25) is 15.9 Å². The molecule has 30 heavy (non-hydrogen) atoms. The summed E-state index contributed by atoms with van der Waals surface area (Å²) >= 11 is 0. The van der Waals surface area contributed by atoms with Crippen LogP contribution >= 0.6 is 0 Å². The maximum Gasteiger partial charge on any atom is 0.309 e. The molecule has 0 unspecified atom stereocenters. The Kier molecular flexibility index (Phi) is 7.88. The minimum absolute atomic E-state index is 0.147. The van der Waals surface area contributed by atoms with E-state index < -0.39 is 10.0 Å². The fraction of sp³-hybridized carbons (Fsp3) is 0.636. The van der Waals surface area contributed by atoms with Crippen LogP contribution in [0.5, 0.6) is 0 Å². The van der Waals surface area contributed by atoms with Crippen molar-refractivity contribution < 1.29 is 22.7 Å². The van der Waals surface area contributed by atoms with Crippen molar-refractivity contribution in [2.45, 2.75) is 62.8 Å². The molecule has 8 heteroatoms. The molecule has 1 saturated carbocycles. The number of amides is 1. The van der Waals surface area contributed by atoms with Gasteiger partial charge in [-0.3, -0.25) is 9.59 Å². The fourth-order valence-electron chi connectivity index (χ4n) is 4.37. The molecule has 0 spiro atoms. The molecule has 0 aromatic heterocycles. The van der Waals surface area contributed by atoms with Crippen LogP contribution in [0.25, 0.3) is 0 Å². The highest BCUT2D eigenvalue weighted by Crippen LogP contribution is 2.28. The van der Waals surface area contributed by atoms with Gasteiger partial charge in [-0.2, -0.15) is 4.31 Å². The molecule has 166 valence electrons. The normalized spacial score (nSPS) is 19.1. The van der Waals surface area contributed by atoms with Gasteiger partial charge in [-0.15, -0.1) is 0 Å². The van der Waals surface area contributed by atoms with Gasteiger partial charge < -0.3 is 9.64 Å². The van der Waals surface area contributed by atoms with E-state index in [0.717, 1.165) is 32.1 Å². The first-order chi connectivity index (χ1) is 14.4. The number of sulfonamides is 1. The number of nitrogens with zero attached hydrogens (tertiary/aromatic N) is 2. The van der Waals surface area contributed by atoms with Crippen LogP contribution in [0.2, 0.25) is 0 Å². The van der Waals surface area contributed by atoms with Crippen molar-refractivity contribution in [3.63, 3.8) is 0 Å². The number of benzene rings is 1. The Hall–Kier alpha value is -1.93. The lowest BCUT2D eigenvalue weighted by molar-refractivity contribution is -0.151. The largest absolute Gasteiger partial charge is 0.466 e. The summed E-state index contributed by atoms with van der Waals surface area (Å²) < 4.78 is 33.2. The topological polar surface area (TPSA) is 84.0 Å². The molecule has 1 heterocycles. The van der Waals surface area contributed by atoms with Gasteiger partial charge in [0.25, 0.3) is 0 Å². The van der Waals surface area contributed by atoms with Gasteiger partial charge in [0.15, 0.2) is 0 Å². The highest BCUT2D eigenvalue weighted by molar-refractivity contribution is 7.89. The van der Waals surface area contributed by atoms with Gasteiger partial charge in [-0.05, 0) is 44.7 Å². The van der Waals surface area contributed by atoms with E-state index in [1.165, 1.54) is 4.31 Å². The molecule has 3 rings (SSSR count). The average molecular weight is 437 g/mol. The number of likely N-dealkylation sites (tertiary alicyclic amines) is 1. The van der Waals surface area contributed by atoms with Gasteiger partial charge >= 0.3 is 5.97 Å². The number of ether oxygens (including phenoxy) is 1. The van der Waals surface area contributed by atoms with Crippen molar-refractivity contribution in [2.24, 2.45) is 5.92 Å². The number of rotatable bonds is 7. The van der Waals surface area contributed by atoms with Crippen LogP contribution in [-0.2, 0) is 24.3 Å². The summed E-state index contributed by atoms with van der Waals surface area (Å²) in [5.41, 5.74) is 0. The lowest BCUT2D eigenvalue weighted by Gasteiger charge is -2.36. The number of piperidine rings is 1. The Bertz CT molecular complexity index is 813. The van der Waals surface area contributed by atoms with E-state index in [0.29, 0.717) is 32.5 Å². The molecule has 1 aliphatic heterocycles. The molecule has 0 radical (unpaired) electrons. The van der Waals surface area contributed by atoms with Gasteiger partial charge in [-0.25, -0.2) is 8.42 Å². The van der Waals surface area contributed by atoms with E-state index in [2.05, 4.69) is 0 Å². The highest BCUT2D eigenvalue weighted by atomic mass is 32.2. The summed E-state index contributed by atoms with van der Waals surface area (Å²) in [4.78, 5) is 26.9. The van der Waals surface area contributed by atoms with Crippen LogP contribution < -0.4 is 0 Å². The standard InChI is InChI=1S/C22H32N2O5S/c1-2-29-22(26)18-13-15-23(16-14-18)21(25)17-24(19-9-5-3-6-10-19)30(27,28)20-11-7-4-8-12-20/h4,7-8,11-12,18-19H,2-3,5-6,9-10,13-17H2,1H3. The summed E-state index contributed by atoms with van der Waals surface area (Å²) in [5.74, 6) is -0.584. The average Bonchev–Trinajstić information content (AvgIpc) is 2.78. The summed E-state index contributed by atoms with van der Waals surface area (Å²) in [7, 11) is -3.75. The third-order valence-electron chi connectivity index (χ3n) is 6.09. The third-order valence-corrected chi connectivity index (χ3v) is 8.00. The minimum Gasteiger partial charge on any atom is -0.466 e. The number of carbonyl (C=O) groups is 2. The van der Waals surface area contributed by atoms with Crippen LogP contribution in [0.4, 0.5) is 0 Å². The van der Waals surface area contributed by atoms with Crippen molar-refractivity contribution >= 4 is 21.9 Å². The predicted molar refractivity (Wildman–Crippen MR) is 113 cm³/mol. The lowest BCUT2D eigenvalue weighted by atomic mass is 9.95. The van der Waals surface area contributed by atoms with Crippen LogP contribution in [-0.4, -0.2) is 61.8 Å². The zero-order chi connectivity index (χ0) is 21.6. The first-order valence-corrected chi connectivity index (χ1v) is 12.4. The fourth-order valence-corrected chi connectivity index (χ4v) is 6.02. The predicted octanol–water partition coefficient (Wildman–Crippen LogP) is 2.81. The minimum atomic E-state index is -3.75. The molecule has 1 saturated heterocycles. The molecule has 1 aliphatic carbocycles. The first-order valence-electron chi connectivity index (χ1n) is 10.9. The van der Waals surface area contributed by atoms with Crippen LogP contribution in [0, 0.1) is 5.92 Å². The van der Waals surface area contributed by atoms with Crippen molar-refractivity contribution in [1.82, 2.24) is 9.21 Å². The molecule has 0 bridgehead atoms. The van der Waals surface area contributed by atoms with Crippen molar-refractivity contribution in [2.75, 3.05) is 26.2 Å². The smallest absolute Gasteiger partial charge is 0.309 e. The maximum atomic E-state index is 13.4. The maximum absolute atomic E-state index is 13.4. The monoisotopic (exact) mass is 436 g/mol. The molecule has 7 nitrogen and oxygen atoms in total. The van der Waals surface area contributed by atoms with Crippen molar-refractivity contribution in [3.8, 4) is 0 Å². The van der Waals surface area contributed by atoms with Crippen molar-refractivity contribution in [1.29, 1.82) is 0 Å².